The van der Waals surface area contributed by atoms with E-state index in [4.69, 9.17) is 28.8 Å². The molecule has 0 spiro atoms. The molecule has 61 heavy (non-hydrogen) atoms. The molecule has 0 aliphatic heterocycles. The first-order chi connectivity index (χ1) is 29.3. The van der Waals surface area contributed by atoms with Gasteiger partial charge in [0.15, 0.2) is 0 Å². The maximum absolute atomic E-state index is 13.5. The normalized spacial score (nSPS) is 14.1. The average molecular weight is 835 g/mol. The van der Waals surface area contributed by atoms with Gasteiger partial charge in [0.1, 0.15) is 25.3 Å². The molecule has 0 saturated carbocycles. The first-order valence-electron chi connectivity index (χ1n) is 20.3. The highest BCUT2D eigenvalue weighted by atomic mass is 16.7. The van der Waals surface area contributed by atoms with Crippen LogP contribution in [0.15, 0.2) is 97.1 Å². The van der Waals surface area contributed by atoms with Gasteiger partial charge in [0.2, 0.25) is 0 Å². The van der Waals surface area contributed by atoms with Gasteiger partial charge in [0.05, 0.1) is 25.9 Å². The van der Waals surface area contributed by atoms with Crippen molar-refractivity contribution in [3.8, 4) is 22.3 Å². The van der Waals surface area contributed by atoms with Gasteiger partial charge in [0, 0.05) is 11.8 Å². The van der Waals surface area contributed by atoms with Crippen LogP contribution < -0.4 is 10.6 Å². The molecule has 2 amide bonds. The Bertz CT molecular complexity index is 2160. The summed E-state index contributed by atoms with van der Waals surface area (Å²) in [5.74, 6) is -5.35. The van der Waals surface area contributed by atoms with Crippen molar-refractivity contribution in [2.24, 2.45) is 11.8 Å². The number of fused-ring (bicyclic) bond motifs is 6. The lowest BCUT2D eigenvalue weighted by Crippen LogP contribution is -2.47. The van der Waals surface area contributed by atoms with Crippen molar-refractivity contribution in [1.82, 2.24) is 10.6 Å². The van der Waals surface area contributed by atoms with Crippen molar-refractivity contribution in [3.63, 3.8) is 0 Å². The Morgan fingerprint density at radius 3 is 1.33 bits per heavy atom. The minimum absolute atomic E-state index is 0.00241. The molecular weight excluding hydrogens is 785 g/mol. The number of ether oxygens (including phenoxy) is 5. The monoisotopic (exact) mass is 834 g/mol. The van der Waals surface area contributed by atoms with Gasteiger partial charge in [-0.25, -0.2) is 19.2 Å². The molecule has 1 unspecified atom stereocenters. The zero-order valence-electron chi connectivity index (χ0n) is 34.5. The van der Waals surface area contributed by atoms with Crippen molar-refractivity contribution in [3.05, 3.63) is 119 Å². The van der Waals surface area contributed by atoms with Crippen LogP contribution in [0.2, 0.25) is 0 Å². The van der Waals surface area contributed by atoms with E-state index < -0.39 is 85.7 Å². The highest BCUT2D eigenvalue weighted by Crippen LogP contribution is 2.45. The summed E-state index contributed by atoms with van der Waals surface area (Å²) in [5.41, 5.74) is 8.33. The summed E-state index contributed by atoms with van der Waals surface area (Å²) in [4.78, 5) is 76.7. The molecule has 2 aliphatic carbocycles. The van der Waals surface area contributed by atoms with Crippen LogP contribution in [0.4, 0.5) is 9.59 Å². The van der Waals surface area contributed by atoms with Crippen molar-refractivity contribution >= 4 is 36.1 Å². The highest BCUT2D eigenvalue weighted by Gasteiger charge is 2.34. The Labute approximate surface area is 353 Å². The molecule has 3 N–H and O–H groups in total. The molecule has 0 radical (unpaired) electrons. The first kappa shape index (κ1) is 43.9. The largest absolute Gasteiger partial charge is 0.481 e. The van der Waals surface area contributed by atoms with Crippen LogP contribution in [0.1, 0.15) is 81.0 Å². The van der Waals surface area contributed by atoms with Crippen molar-refractivity contribution in [1.29, 1.82) is 0 Å². The third-order valence-electron chi connectivity index (χ3n) is 10.7. The summed E-state index contributed by atoms with van der Waals surface area (Å²) < 4.78 is 27.5. The Morgan fingerprint density at radius 1 is 0.541 bits per heavy atom. The predicted octanol–water partition coefficient (Wildman–Crippen LogP) is 7.32. The molecule has 4 aromatic carbocycles. The molecule has 0 heterocycles. The summed E-state index contributed by atoms with van der Waals surface area (Å²) in [6.45, 7) is 6.36. The molecule has 0 fully saturated rings. The van der Waals surface area contributed by atoms with Crippen LogP contribution in [0.3, 0.4) is 0 Å². The fourth-order valence-electron chi connectivity index (χ4n) is 7.63. The SMILES string of the molecule is CC(C)[C@H](NC(=O)OCC1c2ccccc2-c2ccccc21)C(=O)OCCC(OC(=O)CCC(=O)O)OC(=O)[C@@H](NC(=O)OCC1c2ccccc2-c2ccccc21)C(C)C. The fourth-order valence-corrected chi connectivity index (χ4v) is 7.63. The Kier molecular flexibility index (Phi) is 14.4. The van der Waals surface area contributed by atoms with Gasteiger partial charge >= 0.3 is 36.1 Å². The summed E-state index contributed by atoms with van der Waals surface area (Å²) in [7, 11) is 0. The van der Waals surface area contributed by atoms with E-state index in [0.717, 1.165) is 44.5 Å². The Balaban J connectivity index is 1.03. The Hall–Kier alpha value is -6.70. The number of esters is 3. The lowest BCUT2D eigenvalue weighted by molar-refractivity contribution is -0.193. The highest BCUT2D eigenvalue weighted by molar-refractivity contribution is 5.84. The van der Waals surface area contributed by atoms with Gasteiger partial charge in [-0.3, -0.25) is 9.59 Å². The summed E-state index contributed by atoms with van der Waals surface area (Å²) in [6, 6.07) is 29.1. The Morgan fingerprint density at radius 2 is 0.934 bits per heavy atom. The van der Waals surface area contributed by atoms with E-state index in [-0.39, 0.29) is 31.5 Å². The van der Waals surface area contributed by atoms with Gasteiger partial charge in [0.25, 0.3) is 6.29 Å². The topological polar surface area (TPSA) is 193 Å². The quantitative estimate of drug-likeness (QED) is 0.0515. The lowest BCUT2D eigenvalue weighted by Gasteiger charge is -2.25. The van der Waals surface area contributed by atoms with Gasteiger partial charge in [-0.2, -0.15) is 0 Å². The standard InChI is InChI=1S/C47H50N2O12/c1-27(2)42(48-46(55)58-25-37-33-17-9-5-13-29(33)30-14-6-10-18-34(30)37)44(53)57-24-23-41(60-40(52)22-21-39(50)51)61-45(54)43(28(3)4)49-47(56)59-26-38-35-19-11-7-15-31(35)32-16-8-12-20-36(32)38/h5-20,27-28,37-38,41-43H,21-26H2,1-4H3,(H,48,55)(H,49,56)(H,50,51)/t41?,42-,43-/m0/s1. The molecule has 3 atom stereocenters. The van der Waals surface area contributed by atoms with E-state index in [1.54, 1.807) is 27.7 Å². The smallest absolute Gasteiger partial charge is 0.407 e. The van der Waals surface area contributed by atoms with Crippen molar-refractivity contribution in [2.45, 2.75) is 77.2 Å². The number of alkyl carbamates (subject to hydrolysis) is 2. The fraction of sp³-hybridized carbons (Fsp3) is 0.362. The number of hydrogen-bond donors (Lipinski definition) is 3. The predicted molar refractivity (Wildman–Crippen MR) is 222 cm³/mol. The van der Waals surface area contributed by atoms with E-state index >= 15 is 0 Å². The maximum atomic E-state index is 13.5. The second-order valence-corrected chi connectivity index (χ2v) is 15.6. The first-order valence-corrected chi connectivity index (χ1v) is 20.3. The van der Waals surface area contributed by atoms with Crippen LogP contribution in [-0.4, -0.2) is 79.4 Å². The molecule has 14 heteroatoms. The van der Waals surface area contributed by atoms with Crippen LogP contribution in [0.25, 0.3) is 22.3 Å². The van der Waals surface area contributed by atoms with E-state index in [2.05, 4.69) is 10.6 Å². The number of carbonyl (C=O) groups is 6. The molecule has 2 aliphatic rings. The third kappa shape index (κ3) is 10.7. The molecule has 6 rings (SSSR count). The molecule has 4 aromatic rings. The maximum Gasteiger partial charge on any atom is 0.407 e. The van der Waals surface area contributed by atoms with Crippen LogP contribution >= 0.6 is 0 Å². The molecule has 0 aromatic heterocycles. The number of aliphatic carboxylic acids is 1. The number of benzene rings is 4. The molecule has 0 bridgehead atoms. The number of nitrogens with one attached hydrogen (secondary N) is 2. The third-order valence-corrected chi connectivity index (χ3v) is 10.7. The van der Waals surface area contributed by atoms with E-state index in [9.17, 15) is 28.8 Å². The zero-order chi connectivity index (χ0) is 43.6. The molecular formula is C47H50N2O12. The molecule has 0 saturated heterocycles. The van der Waals surface area contributed by atoms with Crippen LogP contribution in [0.5, 0.6) is 0 Å². The number of rotatable bonds is 18. The number of carboxylic acid groups (broad SMARTS) is 1. The summed E-state index contributed by atoms with van der Waals surface area (Å²) in [5, 5.41) is 14.2. The number of hydrogen-bond acceptors (Lipinski definition) is 11. The second kappa shape index (κ2) is 20.0. The van der Waals surface area contributed by atoms with Gasteiger partial charge in [-0.15, -0.1) is 0 Å². The minimum Gasteiger partial charge on any atom is -0.481 e. The van der Waals surface area contributed by atoms with Gasteiger partial charge in [-0.05, 0) is 56.3 Å². The van der Waals surface area contributed by atoms with E-state index in [1.807, 2.05) is 97.1 Å². The average Bonchev–Trinajstić information content (AvgIpc) is 3.74. The van der Waals surface area contributed by atoms with E-state index in [0.29, 0.717) is 0 Å². The van der Waals surface area contributed by atoms with Gasteiger partial charge < -0.3 is 39.4 Å². The van der Waals surface area contributed by atoms with Crippen molar-refractivity contribution in [2.75, 3.05) is 19.8 Å². The van der Waals surface area contributed by atoms with E-state index in [1.165, 1.54) is 0 Å². The molecule has 14 nitrogen and oxygen atoms in total. The van der Waals surface area contributed by atoms with Crippen LogP contribution in [-0.2, 0) is 42.9 Å². The zero-order valence-corrected chi connectivity index (χ0v) is 34.5. The number of carboxylic acids is 1. The molecule has 320 valence electrons. The minimum atomic E-state index is -1.63. The van der Waals surface area contributed by atoms with Gasteiger partial charge in [-0.1, -0.05) is 125 Å². The number of amides is 2. The summed E-state index contributed by atoms with van der Waals surface area (Å²) >= 11 is 0. The van der Waals surface area contributed by atoms with Crippen LogP contribution in [0, 0.1) is 11.8 Å². The second-order valence-electron chi connectivity index (χ2n) is 15.6. The van der Waals surface area contributed by atoms with Crippen molar-refractivity contribution < 1.29 is 57.6 Å². The lowest BCUT2D eigenvalue weighted by atomic mass is 9.98. The summed E-state index contributed by atoms with van der Waals surface area (Å²) in [6.07, 6.45) is -4.72. The number of carbonyl (C=O) groups excluding carboxylic acids is 5.